The topological polar surface area (TPSA) is 98.3 Å². The average molecular weight is 343 g/mol. The third kappa shape index (κ3) is 3.47. The van der Waals surface area contributed by atoms with Crippen LogP contribution in [0.1, 0.15) is 27.4 Å². The molecule has 0 saturated heterocycles. The second kappa shape index (κ2) is 6.68. The van der Waals surface area contributed by atoms with Crippen molar-refractivity contribution in [3.8, 4) is 17.1 Å². The molecule has 3 rings (SSSR count). The molecule has 0 fully saturated rings. The predicted molar refractivity (Wildman–Crippen MR) is 84.7 cm³/mol. The molecule has 0 saturated carbocycles. The number of pyridine rings is 2. The van der Waals surface area contributed by atoms with Crippen molar-refractivity contribution >= 4 is 5.97 Å². The number of carboxylic acid groups (broad SMARTS) is 1. The summed E-state index contributed by atoms with van der Waals surface area (Å²) in [5.41, 5.74) is 2.49. The molecule has 0 aliphatic heterocycles. The van der Waals surface area contributed by atoms with Gasteiger partial charge in [0.15, 0.2) is 0 Å². The van der Waals surface area contributed by atoms with E-state index in [1.807, 2.05) is 19.1 Å². The highest BCUT2D eigenvalue weighted by Crippen LogP contribution is 2.26. The van der Waals surface area contributed by atoms with Gasteiger partial charge in [-0.1, -0.05) is 5.16 Å². The van der Waals surface area contributed by atoms with Gasteiger partial charge in [-0.2, -0.15) is 9.37 Å². The zero-order valence-electron chi connectivity index (χ0n) is 13.5. The second-order valence-corrected chi connectivity index (χ2v) is 5.33. The van der Waals surface area contributed by atoms with E-state index in [0.717, 1.165) is 23.4 Å². The van der Waals surface area contributed by atoms with E-state index in [1.165, 1.54) is 0 Å². The van der Waals surface area contributed by atoms with Crippen LogP contribution in [0.5, 0.6) is 5.88 Å². The fraction of sp³-hybridized carbons (Fsp3) is 0.176. The SMILES string of the molecule is Cc1ccc(-c2noc(C)c2COc2nc(F)ccc2C(=O)O)cn1. The molecule has 0 unspecified atom stereocenters. The summed E-state index contributed by atoms with van der Waals surface area (Å²) < 4.78 is 24.0. The molecule has 0 spiro atoms. The third-order valence-electron chi connectivity index (χ3n) is 3.58. The molecule has 25 heavy (non-hydrogen) atoms. The van der Waals surface area contributed by atoms with Gasteiger partial charge in [0.25, 0.3) is 0 Å². The molecule has 0 bridgehead atoms. The van der Waals surface area contributed by atoms with Crippen molar-refractivity contribution in [2.45, 2.75) is 20.5 Å². The number of aromatic carboxylic acids is 1. The van der Waals surface area contributed by atoms with Gasteiger partial charge in [-0.15, -0.1) is 0 Å². The zero-order valence-corrected chi connectivity index (χ0v) is 13.5. The Labute approximate surface area is 142 Å². The maximum atomic E-state index is 13.3. The Hall–Kier alpha value is -3.29. The molecule has 3 aromatic heterocycles. The quantitative estimate of drug-likeness (QED) is 0.710. The fourth-order valence-corrected chi connectivity index (χ4v) is 2.23. The highest BCUT2D eigenvalue weighted by atomic mass is 19.1. The second-order valence-electron chi connectivity index (χ2n) is 5.33. The maximum absolute atomic E-state index is 13.3. The summed E-state index contributed by atoms with van der Waals surface area (Å²) in [6, 6.07) is 5.74. The minimum absolute atomic E-state index is 0.0741. The number of aryl methyl sites for hydroxylation is 2. The van der Waals surface area contributed by atoms with Gasteiger partial charge in [0.1, 0.15) is 23.6 Å². The molecular weight excluding hydrogens is 329 g/mol. The number of rotatable bonds is 5. The number of hydrogen-bond acceptors (Lipinski definition) is 6. The lowest BCUT2D eigenvalue weighted by Gasteiger charge is -2.08. The molecule has 0 atom stereocenters. The van der Waals surface area contributed by atoms with Gasteiger partial charge in [0, 0.05) is 17.5 Å². The Bertz CT molecular complexity index is 922. The van der Waals surface area contributed by atoms with Crippen LogP contribution in [0.4, 0.5) is 4.39 Å². The van der Waals surface area contributed by atoms with Crippen LogP contribution in [0.2, 0.25) is 0 Å². The Morgan fingerprint density at radius 1 is 1.28 bits per heavy atom. The van der Waals surface area contributed by atoms with Gasteiger partial charge in [0.2, 0.25) is 11.8 Å². The summed E-state index contributed by atoms with van der Waals surface area (Å²) in [4.78, 5) is 18.9. The molecule has 7 nitrogen and oxygen atoms in total. The Morgan fingerprint density at radius 3 is 2.76 bits per heavy atom. The lowest BCUT2D eigenvalue weighted by Crippen LogP contribution is -2.07. The molecule has 0 aliphatic rings. The summed E-state index contributed by atoms with van der Waals surface area (Å²) >= 11 is 0. The lowest BCUT2D eigenvalue weighted by atomic mass is 10.1. The number of aromatic nitrogens is 3. The molecule has 0 amide bonds. The van der Waals surface area contributed by atoms with Gasteiger partial charge in [0.05, 0.1) is 5.56 Å². The molecule has 3 aromatic rings. The summed E-state index contributed by atoms with van der Waals surface area (Å²) in [6.45, 7) is 3.49. The summed E-state index contributed by atoms with van der Waals surface area (Å²) in [6.07, 6.45) is 1.65. The van der Waals surface area contributed by atoms with Crippen LogP contribution >= 0.6 is 0 Å². The van der Waals surface area contributed by atoms with Crippen molar-refractivity contribution < 1.29 is 23.6 Å². The summed E-state index contributed by atoms with van der Waals surface area (Å²) in [5, 5.41) is 13.1. The van der Waals surface area contributed by atoms with E-state index < -0.39 is 11.9 Å². The van der Waals surface area contributed by atoms with E-state index in [4.69, 9.17) is 14.4 Å². The number of carboxylic acids is 1. The van der Waals surface area contributed by atoms with Gasteiger partial charge >= 0.3 is 5.97 Å². The molecule has 128 valence electrons. The van der Waals surface area contributed by atoms with Crippen LogP contribution in [0.15, 0.2) is 35.0 Å². The first-order valence-electron chi connectivity index (χ1n) is 7.36. The van der Waals surface area contributed by atoms with E-state index >= 15 is 0 Å². The molecule has 1 N–H and O–H groups in total. The molecule has 0 aliphatic carbocycles. The number of nitrogens with zero attached hydrogens (tertiary/aromatic N) is 3. The molecular formula is C17H14FN3O4. The first-order valence-corrected chi connectivity index (χ1v) is 7.36. The van der Waals surface area contributed by atoms with Crippen LogP contribution in [0.3, 0.4) is 0 Å². The van der Waals surface area contributed by atoms with Crippen molar-refractivity contribution in [1.82, 2.24) is 15.1 Å². The molecule has 3 heterocycles. The van der Waals surface area contributed by atoms with Crippen molar-refractivity contribution in [2.75, 3.05) is 0 Å². The largest absolute Gasteiger partial charge is 0.477 e. The number of carbonyl (C=O) groups is 1. The van der Waals surface area contributed by atoms with Gasteiger partial charge in [-0.05, 0) is 38.1 Å². The average Bonchev–Trinajstić information content (AvgIpc) is 2.94. The number of ether oxygens (including phenoxy) is 1. The Kier molecular flexibility index (Phi) is 4.42. The van der Waals surface area contributed by atoms with E-state index in [1.54, 1.807) is 13.1 Å². The lowest BCUT2D eigenvalue weighted by molar-refractivity contribution is 0.0690. The van der Waals surface area contributed by atoms with Gasteiger partial charge in [-0.25, -0.2) is 4.79 Å². The molecule has 8 heteroatoms. The normalized spacial score (nSPS) is 10.7. The minimum atomic E-state index is -1.26. The predicted octanol–water partition coefficient (Wildman–Crippen LogP) is 3.16. The minimum Gasteiger partial charge on any atom is -0.477 e. The van der Waals surface area contributed by atoms with Crippen molar-refractivity contribution in [2.24, 2.45) is 0 Å². The molecule has 0 aromatic carbocycles. The van der Waals surface area contributed by atoms with Crippen LogP contribution < -0.4 is 4.74 Å². The standard InChI is InChI=1S/C17H14FN3O4/c1-9-3-4-11(7-19-9)15-13(10(2)25-21-15)8-24-16-12(17(22)23)5-6-14(18)20-16/h3-7H,8H2,1-2H3,(H,22,23). The van der Waals surface area contributed by atoms with E-state index in [2.05, 4.69) is 15.1 Å². The number of halogens is 1. The highest BCUT2D eigenvalue weighted by molar-refractivity contribution is 5.90. The maximum Gasteiger partial charge on any atom is 0.341 e. The fourth-order valence-electron chi connectivity index (χ4n) is 2.23. The monoisotopic (exact) mass is 343 g/mol. The zero-order chi connectivity index (χ0) is 18.0. The van der Waals surface area contributed by atoms with E-state index in [0.29, 0.717) is 17.0 Å². The highest BCUT2D eigenvalue weighted by Gasteiger charge is 2.19. The van der Waals surface area contributed by atoms with E-state index in [-0.39, 0.29) is 18.1 Å². The van der Waals surface area contributed by atoms with E-state index in [9.17, 15) is 9.18 Å². The van der Waals surface area contributed by atoms with Crippen LogP contribution in [0, 0.1) is 19.8 Å². The van der Waals surface area contributed by atoms with Crippen molar-refractivity contribution in [1.29, 1.82) is 0 Å². The van der Waals surface area contributed by atoms with Crippen molar-refractivity contribution in [3.05, 3.63) is 59.0 Å². The first kappa shape index (κ1) is 16.6. The Balaban J connectivity index is 1.90. The van der Waals surface area contributed by atoms with Crippen molar-refractivity contribution in [3.63, 3.8) is 0 Å². The third-order valence-corrected chi connectivity index (χ3v) is 3.58. The first-order chi connectivity index (χ1) is 12.0. The summed E-state index contributed by atoms with van der Waals surface area (Å²) in [5.74, 6) is -1.89. The smallest absolute Gasteiger partial charge is 0.341 e. The van der Waals surface area contributed by atoms with Crippen LogP contribution in [0.25, 0.3) is 11.3 Å². The van der Waals surface area contributed by atoms with Crippen LogP contribution in [-0.2, 0) is 6.61 Å². The number of hydrogen-bond donors (Lipinski definition) is 1. The van der Waals surface area contributed by atoms with Crippen LogP contribution in [-0.4, -0.2) is 26.2 Å². The Morgan fingerprint density at radius 2 is 2.08 bits per heavy atom. The van der Waals surface area contributed by atoms with Gasteiger partial charge in [-0.3, -0.25) is 4.98 Å². The van der Waals surface area contributed by atoms with Gasteiger partial charge < -0.3 is 14.4 Å². The summed E-state index contributed by atoms with van der Waals surface area (Å²) in [7, 11) is 0. The molecule has 0 radical (unpaired) electrons.